The number of aliphatic hydroxyl groups is 1. The number of carbonyl (C=O) groups excluding carboxylic acids is 1. The van der Waals surface area contributed by atoms with Crippen molar-refractivity contribution >= 4 is 5.78 Å². The number of rotatable bonds is 6. The van der Waals surface area contributed by atoms with Gasteiger partial charge in [-0.1, -0.05) is 19.8 Å². The number of ketones is 1. The van der Waals surface area contributed by atoms with E-state index in [0.717, 1.165) is 38.8 Å². The molecular formula is C13H25NO2. The second-order valence-corrected chi connectivity index (χ2v) is 4.79. The van der Waals surface area contributed by atoms with Gasteiger partial charge in [-0.3, -0.25) is 4.79 Å². The highest BCUT2D eigenvalue weighted by Crippen LogP contribution is 2.21. The Morgan fingerprint density at radius 2 is 2.12 bits per heavy atom. The van der Waals surface area contributed by atoms with Gasteiger partial charge in [-0.25, -0.2) is 0 Å². The SMILES string of the molecule is CCCN(CCO)CC1CCCCCC1=O. The second kappa shape index (κ2) is 7.80. The highest BCUT2D eigenvalue weighted by Gasteiger charge is 2.22. The molecule has 1 saturated carbocycles. The fraction of sp³-hybridized carbons (Fsp3) is 0.923. The van der Waals surface area contributed by atoms with Gasteiger partial charge in [0.25, 0.3) is 0 Å². The zero-order chi connectivity index (χ0) is 11.8. The zero-order valence-corrected chi connectivity index (χ0v) is 10.5. The molecule has 3 heteroatoms. The highest BCUT2D eigenvalue weighted by molar-refractivity contribution is 5.81. The summed E-state index contributed by atoms with van der Waals surface area (Å²) in [4.78, 5) is 14.1. The van der Waals surface area contributed by atoms with E-state index in [2.05, 4.69) is 11.8 Å². The lowest BCUT2D eigenvalue weighted by Gasteiger charge is -2.25. The quantitative estimate of drug-likeness (QED) is 0.704. The molecule has 0 aromatic rings. The van der Waals surface area contributed by atoms with Gasteiger partial charge in [0.05, 0.1) is 6.61 Å². The lowest BCUT2D eigenvalue weighted by atomic mass is 9.98. The minimum absolute atomic E-state index is 0.195. The number of Topliss-reactive ketones (excluding diaryl/α,β-unsaturated/α-hetero) is 1. The molecule has 1 aliphatic carbocycles. The Hall–Kier alpha value is -0.410. The average Bonchev–Trinajstić information content (AvgIpc) is 2.45. The highest BCUT2D eigenvalue weighted by atomic mass is 16.3. The molecule has 0 aromatic carbocycles. The molecule has 0 saturated heterocycles. The van der Waals surface area contributed by atoms with Gasteiger partial charge in [0.15, 0.2) is 0 Å². The molecule has 1 aliphatic rings. The predicted molar refractivity (Wildman–Crippen MR) is 65.4 cm³/mol. The van der Waals surface area contributed by atoms with Gasteiger partial charge in [-0.15, -0.1) is 0 Å². The summed E-state index contributed by atoms with van der Waals surface area (Å²) in [6, 6.07) is 0. The van der Waals surface area contributed by atoms with Crippen LogP contribution in [-0.2, 0) is 4.79 Å². The van der Waals surface area contributed by atoms with Crippen LogP contribution in [0, 0.1) is 5.92 Å². The van der Waals surface area contributed by atoms with Crippen molar-refractivity contribution in [1.82, 2.24) is 4.90 Å². The van der Waals surface area contributed by atoms with E-state index >= 15 is 0 Å². The first-order valence-corrected chi connectivity index (χ1v) is 6.63. The van der Waals surface area contributed by atoms with E-state index in [4.69, 9.17) is 5.11 Å². The largest absolute Gasteiger partial charge is 0.395 e. The minimum atomic E-state index is 0.195. The normalized spacial score (nSPS) is 22.4. The number of hydrogen-bond acceptors (Lipinski definition) is 3. The van der Waals surface area contributed by atoms with E-state index in [1.807, 2.05) is 0 Å². The minimum Gasteiger partial charge on any atom is -0.395 e. The Labute approximate surface area is 98.8 Å². The van der Waals surface area contributed by atoms with E-state index in [9.17, 15) is 4.79 Å². The first-order valence-electron chi connectivity index (χ1n) is 6.63. The van der Waals surface area contributed by atoms with Gasteiger partial charge < -0.3 is 10.0 Å². The third-order valence-electron chi connectivity index (χ3n) is 3.37. The van der Waals surface area contributed by atoms with Crippen molar-refractivity contribution in [3.05, 3.63) is 0 Å². The number of nitrogens with zero attached hydrogens (tertiary/aromatic N) is 1. The first-order chi connectivity index (χ1) is 7.77. The summed E-state index contributed by atoms with van der Waals surface area (Å²) < 4.78 is 0. The van der Waals surface area contributed by atoms with Gasteiger partial charge in [-0.2, -0.15) is 0 Å². The molecule has 3 nitrogen and oxygen atoms in total. The van der Waals surface area contributed by atoms with Crippen molar-refractivity contribution < 1.29 is 9.90 Å². The Kier molecular flexibility index (Phi) is 6.65. The van der Waals surface area contributed by atoms with Gasteiger partial charge in [-0.05, 0) is 25.8 Å². The molecule has 16 heavy (non-hydrogen) atoms. The molecule has 0 bridgehead atoms. The van der Waals surface area contributed by atoms with Crippen molar-refractivity contribution in [3.8, 4) is 0 Å². The maximum atomic E-state index is 11.9. The lowest BCUT2D eigenvalue weighted by Crippen LogP contribution is -2.35. The van der Waals surface area contributed by atoms with Crippen molar-refractivity contribution in [2.24, 2.45) is 5.92 Å². The van der Waals surface area contributed by atoms with E-state index in [1.165, 1.54) is 12.8 Å². The maximum absolute atomic E-state index is 11.9. The van der Waals surface area contributed by atoms with Crippen LogP contribution in [0.5, 0.6) is 0 Å². The third kappa shape index (κ3) is 4.62. The smallest absolute Gasteiger partial charge is 0.137 e. The molecule has 1 atom stereocenters. The summed E-state index contributed by atoms with van der Waals surface area (Å²) in [6.07, 6.45) is 6.36. The summed E-state index contributed by atoms with van der Waals surface area (Å²) >= 11 is 0. The van der Waals surface area contributed by atoms with E-state index in [0.29, 0.717) is 12.3 Å². The summed E-state index contributed by atoms with van der Waals surface area (Å²) in [5.74, 6) is 0.664. The van der Waals surface area contributed by atoms with E-state index in [1.54, 1.807) is 0 Å². The van der Waals surface area contributed by atoms with Crippen LogP contribution in [-0.4, -0.2) is 42.0 Å². The molecule has 0 aliphatic heterocycles. The van der Waals surface area contributed by atoms with Crippen LogP contribution in [0.25, 0.3) is 0 Å². The molecular weight excluding hydrogens is 202 g/mol. The first kappa shape index (κ1) is 13.7. The Bertz CT molecular complexity index is 200. The van der Waals surface area contributed by atoms with Crippen LogP contribution < -0.4 is 0 Å². The monoisotopic (exact) mass is 227 g/mol. The number of aliphatic hydroxyl groups excluding tert-OH is 1. The molecule has 0 radical (unpaired) electrons. The van der Waals surface area contributed by atoms with Crippen LogP contribution in [0.15, 0.2) is 0 Å². The zero-order valence-electron chi connectivity index (χ0n) is 10.5. The van der Waals surface area contributed by atoms with Crippen LogP contribution in [0.1, 0.15) is 45.4 Å². The van der Waals surface area contributed by atoms with Crippen LogP contribution in [0.2, 0.25) is 0 Å². The van der Waals surface area contributed by atoms with E-state index < -0.39 is 0 Å². The molecule has 1 unspecified atom stereocenters. The molecule has 1 fully saturated rings. The van der Waals surface area contributed by atoms with Crippen molar-refractivity contribution in [2.75, 3.05) is 26.2 Å². The Morgan fingerprint density at radius 3 is 2.81 bits per heavy atom. The number of carbonyl (C=O) groups is 1. The lowest BCUT2D eigenvalue weighted by molar-refractivity contribution is -0.123. The fourth-order valence-corrected chi connectivity index (χ4v) is 2.49. The van der Waals surface area contributed by atoms with Crippen LogP contribution >= 0.6 is 0 Å². The van der Waals surface area contributed by atoms with Crippen LogP contribution in [0.4, 0.5) is 0 Å². The molecule has 0 amide bonds. The molecule has 1 N–H and O–H groups in total. The van der Waals surface area contributed by atoms with E-state index in [-0.39, 0.29) is 12.5 Å². The van der Waals surface area contributed by atoms with Gasteiger partial charge in [0, 0.05) is 25.4 Å². The third-order valence-corrected chi connectivity index (χ3v) is 3.37. The molecule has 94 valence electrons. The van der Waals surface area contributed by atoms with Gasteiger partial charge >= 0.3 is 0 Å². The standard InChI is InChI=1S/C13H25NO2/c1-2-8-14(9-10-15)11-12-6-4-3-5-7-13(12)16/h12,15H,2-11H2,1H3. The summed E-state index contributed by atoms with van der Waals surface area (Å²) in [7, 11) is 0. The summed E-state index contributed by atoms with van der Waals surface area (Å²) in [5.41, 5.74) is 0. The van der Waals surface area contributed by atoms with Gasteiger partial charge in [0.2, 0.25) is 0 Å². The Balaban J connectivity index is 2.43. The van der Waals surface area contributed by atoms with Crippen LogP contribution in [0.3, 0.4) is 0 Å². The average molecular weight is 227 g/mol. The molecule has 0 spiro atoms. The van der Waals surface area contributed by atoms with Crippen molar-refractivity contribution in [1.29, 1.82) is 0 Å². The Morgan fingerprint density at radius 1 is 1.31 bits per heavy atom. The summed E-state index contributed by atoms with van der Waals surface area (Å²) in [6.45, 7) is 4.88. The topological polar surface area (TPSA) is 40.5 Å². The molecule has 0 aromatic heterocycles. The molecule has 1 rings (SSSR count). The van der Waals surface area contributed by atoms with Gasteiger partial charge in [0.1, 0.15) is 5.78 Å². The van der Waals surface area contributed by atoms with Crippen molar-refractivity contribution in [2.45, 2.75) is 45.4 Å². The van der Waals surface area contributed by atoms with Crippen molar-refractivity contribution in [3.63, 3.8) is 0 Å². The summed E-state index contributed by atoms with van der Waals surface area (Å²) in [5, 5.41) is 8.99. The maximum Gasteiger partial charge on any atom is 0.137 e. The second-order valence-electron chi connectivity index (χ2n) is 4.79. The predicted octanol–water partition coefficient (Wildman–Crippen LogP) is 1.84. The molecule has 0 heterocycles. The fourth-order valence-electron chi connectivity index (χ4n) is 2.49. The number of hydrogen-bond donors (Lipinski definition) is 1.